The minimum atomic E-state index is -1.03. The molecular weight excluding hydrogens is 228 g/mol. The lowest BCUT2D eigenvalue weighted by atomic mass is 9.86. The fourth-order valence-corrected chi connectivity index (χ4v) is 2.81. The summed E-state index contributed by atoms with van der Waals surface area (Å²) < 4.78 is 0. The highest BCUT2D eigenvalue weighted by atomic mass is 16.4. The first-order chi connectivity index (χ1) is 8.53. The number of carbonyl (C=O) groups is 1. The van der Waals surface area contributed by atoms with Gasteiger partial charge in [-0.2, -0.15) is 0 Å². The van der Waals surface area contributed by atoms with E-state index in [0.29, 0.717) is 12.8 Å². The van der Waals surface area contributed by atoms with E-state index >= 15 is 0 Å². The Bertz CT molecular complexity index is 462. The van der Waals surface area contributed by atoms with Crippen LogP contribution in [-0.2, 0) is 25.7 Å². The molecule has 2 N–H and O–H groups in total. The second-order valence-electron chi connectivity index (χ2n) is 4.36. The summed E-state index contributed by atoms with van der Waals surface area (Å²) >= 11 is 0. The summed E-state index contributed by atoms with van der Waals surface area (Å²) in [5, 5.41) is 19.5. The number of hydrogen-bond acceptors (Lipinski definition) is 2. The Labute approximate surface area is 108 Å². The first kappa shape index (κ1) is 14.6. The molecule has 0 saturated carbocycles. The third-order valence-electron chi connectivity index (χ3n) is 3.55. The maximum atomic E-state index is 11.4. The highest BCUT2D eigenvalue weighted by Gasteiger charge is 2.23. The number of carboxylic acids is 1. The number of aromatic carboxylic acids is 1. The molecule has 0 radical (unpaired) electrons. The molecule has 0 bridgehead atoms. The SMILES string of the molecule is CCc1c(O)c(C(=O)O)c(CC)c(CC)c1CC. The molecule has 1 aromatic carbocycles. The fourth-order valence-electron chi connectivity index (χ4n) is 2.81. The van der Waals surface area contributed by atoms with E-state index in [2.05, 4.69) is 0 Å². The van der Waals surface area contributed by atoms with E-state index in [-0.39, 0.29) is 11.3 Å². The van der Waals surface area contributed by atoms with E-state index in [1.54, 1.807) is 0 Å². The van der Waals surface area contributed by atoms with Crippen molar-refractivity contribution in [2.45, 2.75) is 53.4 Å². The van der Waals surface area contributed by atoms with E-state index in [0.717, 1.165) is 35.1 Å². The van der Waals surface area contributed by atoms with Crippen molar-refractivity contribution in [3.63, 3.8) is 0 Å². The van der Waals surface area contributed by atoms with Crippen LogP contribution in [0.25, 0.3) is 0 Å². The van der Waals surface area contributed by atoms with Crippen LogP contribution >= 0.6 is 0 Å². The highest BCUT2D eigenvalue weighted by Crippen LogP contribution is 2.35. The Morgan fingerprint density at radius 2 is 1.22 bits per heavy atom. The number of carboxylic acid groups (broad SMARTS) is 1. The summed E-state index contributed by atoms with van der Waals surface area (Å²) in [5.74, 6) is -1.06. The summed E-state index contributed by atoms with van der Waals surface area (Å²) in [6.07, 6.45) is 2.92. The molecule has 0 saturated heterocycles. The number of rotatable bonds is 5. The number of phenols is 1. The summed E-state index contributed by atoms with van der Waals surface area (Å²) in [6.45, 7) is 7.97. The third-order valence-corrected chi connectivity index (χ3v) is 3.55. The molecule has 0 unspecified atom stereocenters. The standard InChI is InChI=1S/C15H22O3/c1-5-9-10(6-2)12(8-4)14(16)13(15(17)18)11(9)7-3/h16H,5-8H2,1-4H3,(H,17,18). The molecular formula is C15H22O3. The molecule has 0 amide bonds. The second-order valence-corrected chi connectivity index (χ2v) is 4.36. The first-order valence-electron chi connectivity index (χ1n) is 6.64. The lowest BCUT2D eigenvalue weighted by Crippen LogP contribution is -2.11. The molecule has 3 nitrogen and oxygen atoms in total. The van der Waals surface area contributed by atoms with Gasteiger partial charge in [-0.3, -0.25) is 0 Å². The molecule has 0 aliphatic rings. The number of hydrogen-bond donors (Lipinski definition) is 2. The molecule has 0 spiro atoms. The molecule has 0 atom stereocenters. The Morgan fingerprint density at radius 1 is 0.833 bits per heavy atom. The van der Waals surface area contributed by atoms with Crippen LogP contribution in [0.5, 0.6) is 5.75 Å². The minimum Gasteiger partial charge on any atom is -0.507 e. The van der Waals surface area contributed by atoms with Crippen LogP contribution < -0.4 is 0 Å². The molecule has 0 heterocycles. The molecule has 3 heteroatoms. The van der Waals surface area contributed by atoms with Crippen molar-refractivity contribution in [1.82, 2.24) is 0 Å². The Balaban J connectivity index is 3.79. The van der Waals surface area contributed by atoms with Crippen molar-refractivity contribution in [2.24, 2.45) is 0 Å². The zero-order valence-electron chi connectivity index (χ0n) is 11.6. The van der Waals surface area contributed by atoms with Crippen LogP contribution in [0.2, 0.25) is 0 Å². The van der Waals surface area contributed by atoms with Crippen LogP contribution in [0.4, 0.5) is 0 Å². The van der Waals surface area contributed by atoms with E-state index in [1.165, 1.54) is 0 Å². The van der Waals surface area contributed by atoms with Crippen molar-refractivity contribution >= 4 is 5.97 Å². The lowest BCUT2D eigenvalue weighted by molar-refractivity contribution is 0.0692. The summed E-state index contributed by atoms with van der Waals surface area (Å²) in [4.78, 5) is 11.4. The number of aromatic hydroxyl groups is 1. The molecule has 1 aromatic rings. The fraction of sp³-hybridized carbons (Fsp3) is 0.533. The van der Waals surface area contributed by atoms with Crippen LogP contribution in [0.3, 0.4) is 0 Å². The van der Waals surface area contributed by atoms with Gasteiger partial charge >= 0.3 is 5.97 Å². The largest absolute Gasteiger partial charge is 0.507 e. The van der Waals surface area contributed by atoms with Crippen molar-refractivity contribution in [1.29, 1.82) is 0 Å². The normalized spacial score (nSPS) is 10.7. The first-order valence-corrected chi connectivity index (χ1v) is 6.64. The van der Waals surface area contributed by atoms with Crippen molar-refractivity contribution in [3.05, 3.63) is 27.8 Å². The minimum absolute atomic E-state index is 0.0316. The van der Waals surface area contributed by atoms with E-state index in [4.69, 9.17) is 0 Å². The van der Waals surface area contributed by atoms with Gasteiger partial charge in [0.2, 0.25) is 0 Å². The van der Waals surface area contributed by atoms with Crippen LogP contribution in [-0.4, -0.2) is 16.2 Å². The van der Waals surface area contributed by atoms with Gasteiger partial charge in [-0.25, -0.2) is 4.79 Å². The Morgan fingerprint density at radius 3 is 1.56 bits per heavy atom. The highest BCUT2D eigenvalue weighted by molar-refractivity contribution is 5.94. The zero-order chi connectivity index (χ0) is 13.9. The van der Waals surface area contributed by atoms with Crippen molar-refractivity contribution in [3.8, 4) is 5.75 Å². The monoisotopic (exact) mass is 250 g/mol. The van der Waals surface area contributed by atoms with Crippen LogP contribution in [0.15, 0.2) is 0 Å². The average molecular weight is 250 g/mol. The summed E-state index contributed by atoms with van der Waals surface area (Å²) in [5.41, 5.74) is 3.91. The Kier molecular flexibility index (Phi) is 4.76. The second kappa shape index (κ2) is 5.89. The topological polar surface area (TPSA) is 57.5 Å². The predicted molar refractivity (Wildman–Crippen MR) is 72.6 cm³/mol. The lowest BCUT2D eigenvalue weighted by Gasteiger charge is -2.20. The van der Waals surface area contributed by atoms with Crippen molar-refractivity contribution in [2.75, 3.05) is 0 Å². The van der Waals surface area contributed by atoms with Gasteiger partial charge in [0.1, 0.15) is 11.3 Å². The van der Waals surface area contributed by atoms with Gasteiger partial charge in [0.05, 0.1) is 0 Å². The zero-order valence-corrected chi connectivity index (χ0v) is 11.6. The maximum Gasteiger partial charge on any atom is 0.339 e. The molecule has 100 valence electrons. The molecule has 0 aliphatic heterocycles. The quantitative estimate of drug-likeness (QED) is 0.842. The van der Waals surface area contributed by atoms with E-state index in [9.17, 15) is 15.0 Å². The van der Waals surface area contributed by atoms with Gasteiger partial charge in [-0.05, 0) is 47.9 Å². The molecule has 0 aliphatic carbocycles. The van der Waals surface area contributed by atoms with Gasteiger partial charge in [0.25, 0.3) is 0 Å². The van der Waals surface area contributed by atoms with Gasteiger partial charge < -0.3 is 10.2 Å². The molecule has 0 aromatic heterocycles. The van der Waals surface area contributed by atoms with E-state index < -0.39 is 5.97 Å². The number of benzene rings is 1. The summed E-state index contributed by atoms with van der Waals surface area (Å²) in [6, 6.07) is 0. The van der Waals surface area contributed by atoms with Crippen LogP contribution in [0.1, 0.15) is 60.3 Å². The predicted octanol–water partition coefficient (Wildman–Crippen LogP) is 3.34. The Hall–Kier alpha value is -1.51. The molecule has 0 fully saturated rings. The smallest absolute Gasteiger partial charge is 0.339 e. The van der Waals surface area contributed by atoms with Crippen molar-refractivity contribution < 1.29 is 15.0 Å². The van der Waals surface area contributed by atoms with Gasteiger partial charge in [-0.15, -0.1) is 0 Å². The van der Waals surface area contributed by atoms with Gasteiger partial charge in [0.15, 0.2) is 0 Å². The third kappa shape index (κ3) is 2.22. The maximum absolute atomic E-state index is 11.4. The van der Waals surface area contributed by atoms with Crippen LogP contribution in [0, 0.1) is 0 Å². The van der Waals surface area contributed by atoms with Gasteiger partial charge in [-0.1, -0.05) is 27.7 Å². The average Bonchev–Trinajstić information content (AvgIpc) is 2.36. The molecule has 1 rings (SSSR count). The molecule has 18 heavy (non-hydrogen) atoms. The van der Waals surface area contributed by atoms with Gasteiger partial charge in [0, 0.05) is 0 Å². The summed E-state index contributed by atoms with van der Waals surface area (Å²) in [7, 11) is 0. The van der Waals surface area contributed by atoms with E-state index in [1.807, 2.05) is 27.7 Å².